The number of phenols is 1. The van der Waals surface area contributed by atoms with Crippen LogP contribution in [-0.2, 0) is 22.4 Å². The second-order valence-electron chi connectivity index (χ2n) is 14.1. The highest BCUT2D eigenvalue weighted by molar-refractivity contribution is 9.09. The molecule has 10 nitrogen and oxygen atoms in total. The molecule has 2 atom stereocenters. The van der Waals surface area contributed by atoms with Crippen LogP contribution in [0.15, 0.2) is 82.8 Å². The SMILES string of the molecule is CC(=O)CCCBr.CC(=O)CCCOc1cc2c(cc1C)C(=O)N1c3ccccc3CC1C=N2.Cc1cc2c(cc1O)N=CC1Cc3ccccc3N1C2=O. The Hall–Kier alpha value is -5.42. The number of halogens is 1. The molecule has 4 aliphatic heterocycles. The maximum absolute atomic E-state index is 13.2. The van der Waals surface area contributed by atoms with Crippen molar-refractivity contribution in [3.63, 3.8) is 0 Å². The molecule has 4 heterocycles. The monoisotopic (exact) mass is 804 g/mol. The Morgan fingerprint density at radius 1 is 0.745 bits per heavy atom. The van der Waals surface area contributed by atoms with Crippen molar-refractivity contribution < 1.29 is 29.0 Å². The van der Waals surface area contributed by atoms with E-state index in [-0.39, 0.29) is 41.2 Å². The van der Waals surface area contributed by atoms with Crippen molar-refractivity contribution in [2.75, 3.05) is 21.7 Å². The molecule has 0 aromatic heterocycles. The van der Waals surface area contributed by atoms with Gasteiger partial charge in [0.05, 0.1) is 41.2 Å². The number of para-hydroxylation sites is 2. The number of carbonyl (C=O) groups excluding carboxylic acids is 4. The fourth-order valence-corrected chi connectivity index (χ4v) is 7.35. The maximum atomic E-state index is 13.2. The lowest BCUT2D eigenvalue weighted by molar-refractivity contribution is -0.117. The number of fused-ring (bicyclic) bond motifs is 8. The van der Waals surface area contributed by atoms with Crippen LogP contribution in [0, 0.1) is 13.8 Å². The van der Waals surface area contributed by atoms with E-state index in [0.29, 0.717) is 59.7 Å². The number of aliphatic imine (C=N–C) groups is 2. The van der Waals surface area contributed by atoms with Crippen molar-refractivity contribution in [1.29, 1.82) is 0 Å². The summed E-state index contributed by atoms with van der Waals surface area (Å²) in [7, 11) is 0. The van der Waals surface area contributed by atoms with Crippen LogP contribution in [0.2, 0.25) is 0 Å². The molecule has 0 bridgehead atoms. The fourth-order valence-electron chi connectivity index (χ4n) is 7.07. The number of amides is 2. The Labute approximate surface area is 330 Å². The Balaban J connectivity index is 0.000000163. The van der Waals surface area contributed by atoms with Gasteiger partial charge >= 0.3 is 0 Å². The Morgan fingerprint density at radius 2 is 1.24 bits per heavy atom. The van der Waals surface area contributed by atoms with Gasteiger partial charge in [0.15, 0.2) is 0 Å². The molecule has 8 rings (SSSR count). The normalized spacial score (nSPS) is 16.8. The zero-order valence-electron chi connectivity index (χ0n) is 31.5. The molecule has 1 N–H and O–H groups in total. The zero-order valence-corrected chi connectivity index (χ0v) is 33.1. The second-order valence-corrected chi connectivity index (χ2v) is 14.9. The number of rotatable bonds is 8. The lowest BCUT2D eigenvalue weighted by Gasteiger charge is -2.21. The summed E-state index contributed by atoms with van der Waals surface area (Å²) in [5.74, 6) is 1.24. The maximum Gasteiger partial charge on any atom is 0.261 e. The molecule has 0 fully saturated rings. The molecule has 4 aromatic carbocycles. The average molecular weight is 806 g/mol. The third kappa shape index (κ3) is 8.78. The number of Topliss-reactive ketones (excluding diaryl/α,β-unsaturated/α-hetero) is 2. The van der Waals surface area contributed by atoms with Gasteiger partial charge in [-0.05, 0) is 87.1 Å². The van der Waals surface area contributed by atoms with Crippen LogP contribution < -0.4 is 14.5 Å². The Morgan fingerprint density at radius 3 is 1.75 bits per heavy atom. The summed E-state index contributed by atoms with van der Waals surface area (Å²) in [5, 5.41) is 10.8. The summed E-state index contributed by atoms with van der Waals surface area (Å²) < 4.78 is 5.83. The van der Waals surface area contributed by atoms with Crippen molar-refractivity contribution >= 4 is 74.5 Å². The molecule has 55 heavy (non-hydrogen) atoms. The Kier molecular flexibility index (Phi) is 12.4. The highest BCUT2D eigenvalue weighted by atomic mass is 79.9. The minimum atomic E-state index is -0.0550. The number of nitrogens with zero attached hydrogens (tertiary/aromatic N) is 4. The second kappa shape index (κ2) is 17.4. The zero-order chi connectivity index (χ0) is 39.2. The molecule has 2 amide bonds. The molecule has 4 aromatic rings. The first kappa shape index (κ1) is 39.3. The quantitative estimate of drug-likeness (QED) is 0.140. The van der Waals surface area contributed by atoms with Crippen LogP contribution in [0.4, 0.5) is 22.7 Å². The molecule has 0 saturated carbocycles. The first-order valence-electron chi connectivity index (χ1n) is 18.5. The third-order valence-corrected chi connectivity index (χ3v) is 10.5. The number of aryl methyl sites for hydroxylation is 2. The number of hydrogen-bond donors (Lipinski definition) is 1. The van der Waals surface area contributed by atoms with E-state index in [1.165, 1.54) is 11.1 Å². The molecule has 11 heteroatoms. The van der Waals surface area contributed by atoms with Gasteiger partial charge in [-0.3, -0.25) is 29.4 Å². The number of carbonyl (C=O) groups is 4. The molecule has 0 aliphatic carbocycles. The van der Waals surface area contributed by atoms with Crippen LogP contribution in [-0.4, -0.2) is 64.9 Å². The molecule has 284 valence electrons. The van der Waals surface area contributed by atoms with Gasteiger partial charge in [0.25, 0.3) is 11.8 Å². The lowest BCUT2D eigenvalue weighted by Crippen LogP contribution is -2.37. The standard InChI is InChI=1S/C22H22N2O3.C17H14N2O2.C5H9BrO/c1-14-10-18-19(12-21(14)27-9-5-6-15(2)25)23-13-17-11-16-7-3-4-8-20(16)24(17)22(18)26;1-10-6-13-14(8-16(10)20)18-9-12-7-11-4-2-3-5-15(11)19(12)17(13)21;1-5(7)3-2-4-6/h3-4,7-8,10,12-13,17H,5-6,9,11H2,1-2H3;2-6,8-9,12,20H,7H2,1H3;2-4H2,1H3. The summed E-state index contributed by atoms with van der Waals surface area (Å²) in [6.07, 6.45) is 8.10. The summed E-state index contributed by atoms with van der Waals surface area (Å²) >= 11 is 3.23. The first-order chi connectivity index (χ1) is 26.5. The van der Waals surface area contributed by atoms with E-state index in [4.69, 9.17) is 4.74 Å². The summed E-state index contributed by atoms with van der Waals surface area (Å²) in [6.45, 7) is 7.38. The van der Waals surface area contributed by atoms with Gasteiger partial charge in [-0.25, -0.2) is 0 Å². The van der Waals surface area contributed by atoms with Crippen LogP contribution in [0.3, 0.4) is 0 Å². The number of alkyl halides is 1. The first-order valence-corrected chi connectivity index (χ1v) is 19.7. The number of hydrogen-bond acceptors (Lipinski definition) is 8. The molecular formula is C44H45BrN4O6. The van der Waals surface area contributed by atoms with E-state index in [2.05, 4.69) is 32.0 Å². The van der Waals surface area contributed by atoms with E-state index < -0.39 is 0 Å². The largest absolute Gasteiger partial charge is 0.508 e. The van der Waals surface area contributed by atoms with E-state index in [1.54, 1.807) is 44.0 Å². The third-order valence-electron chi connectivity index (χ3n) is 9.89. The van der Waals surface area contributed by atoms with Gasteiger partial charge in [0.1, 0.15) is 23.1 Å². The van der Waals surface area contributed by atoms with Gasteiger partial charge in [0, 0.05) is 67.0 Å². The number of benzene rings is 4. The highest BCUT2D eigenvalue weighted by Crippen LogP contribution is 2.40. The van der Waals surface area contributed by atoms with Crippen molar-refractivity contribution in [3.8, 4) is 11.5 Å². The predicted octanol–water partition coefficient (Wildman–Crippen LogP) is 8.77. The summed E-state index contributed by atoms with van der Waals surface area (Å²) in [6, 6.07) is 22.8. The topological polar surface area (TPSA) is 129 Å². The molecule has 2 unspecified atom stereocenters. The highest BCUT2D eigenvalue weighted by Gasteiger charge is 2.37. The molecule has 0 saturated heterocycles. The van der Waals surface area contributed by atoms with E-state index in [9.17, 15) is 24.3 Å². The van der Waals surface area contributed by atoms with Crippen molar-refractivity contribution in [2.24, 2.45) is 9.98 Å². The number of ether oxygens (including phenoxy) is 1. The van der Waals surface area contributed by atoms with Crippen LogP contribution in [0.5, 0.6) is 11.5 Å². The van der Waals surface area contributed by atoms with Gasteiger partial charge in [0.2, 0.25) is 0 Å². The van der Waals surface area contributed by atoms with Gasteiger partial charge in [-0.15, -0.1) is 0 Å². The van der Waals surface area contributed by atoms with Crippen molar-refractivity contribution in [3.05, 3.63) is 106 Å². The Bertz CT molecular complexity index is 2200. The van der Waals surface area contributed by atoms with Crippen LogP contribution >= 0.6 is 15.9 Å². The fraction of sp³-hybridized carbons (Fsp3) is 0.318. The lowest BCUT2D eigenvalue weighted by atomic mass is 10.1. The van der Waals surface area contributed by atoms with Crippen LogP contribution in [0.1, 0.15) is 82.5 Å². The average Bonchev–Trinajstić information content (AvgIpc) is 3.66. The smallest absolute Gasteiger partial charge is 0.261 e. The van der Waals surface area contributed by atoms with E-state index in [0.717, 1.165) is 41.5 Å². The van der Waals surface area contributed by atoms with Gasteiger partial charge in [-0.2, -0.15) is 0 Å². The summed E-state index contributed by atoms with van der Waals surface area (Å²) in [4.78, 5) is 60.1. The number of phenolic OH excluding ortho intramolecular Hbond substituents is 1. The molecule has 0 radical (unpaired) electrons. The number of aromatic hydroxyl groups is 1. The summed E-state index contributed by atoms with van der Waals surface area (Å²) in [5.41, 5.74) is 8.16. The van der Waals surface area contributed by atoms with E-state index in [1.807, 2.05) is 72.6 Å². The van der Waals surface area contributed by atoms with Gasteiger partial charge < -0.3 is 19.4 Å². The molecule has 0 spiro atoms. The van der Waals surface area contributed by atoms with E-state index >= 15 is 0 Å². The van der Waals surface area contributed by atoms with Crippen LogP contribution in [0.25, 0.3) is 0 Å². The van der Waals surface area contributed by atoms with Crippen molar-refractivity contribution in [2.45, 2.75) is 78.3 Å². The minimum Gasteiger partial charge on any atom is -0.508 e. The number of anilines is 2. The van der Waals surface area contributed by atoms with Crippen molar-refractivity contribution in [1.82, 2.24) is 0 Å². The minimum absolute atomic E-state index is 0.0244. The van der Waals surface area contributed by atoms with Gasteiger partial charge in [-0.1, -0.05) is 52.3 Å². The number of ketones is 2. The molecule has 4 aliphatic rings. The molecular weight excluding hydrogens is 760 g/mol. The predicted molar refractivity (Wildman–Crippen MR) is 221 cm³/mol.